The fraction of sp³-hybridized carbons (Fsp3) is 0.632. The second-order valence-corrected chi connectivity index (χ2v) is 7.06. The van der Waals surface area contributed by atoms with Gasteiger partial charge < -0.3 is 4.90 Å². The summed E-state index contributed by atoms with van der Waals surface area (Å²) in [5.41, 5.74) is 1.38. The zero-order valence-electron chi connectivity index (χ0n) is 13.9. The third-order valence-corrected chi connectivity index (χ3v) is 5.16. The maximum absolute atomic E-state index is 12.5. The van der Waals surface area contributed by atoms with Gasteiger partial charge in [-0.25, -0.2) is 0 Å². The molecule has 0 aliphatic carbocycles. The van der Waals surface area contributed by atoms with E-state index in [0.717, 1.165) is 13.1 Å². The van der Waals surface area contributed by atoms with Crippen LogP contribution in [0.5, 0.6) is 0 Å². The topological polar surface area (TPSA) is 23.6 Å². The van der Waals surface area contributed by atoms with Crippen molar-refractivity contribution < 1.29 is 4.79 Å². The minimum absolute atomic E-state index is 0.115. The van der Waals surface area contributed by atoms with Gasteiger partial charge in [0.05, 0.1) is 0 Å². The summed E-state index contributed by atoms with van der Waals surface area (Å²) in [7, 11) is 0. The zero-order chi connectivity index (χ0) is 15.5. The van der Waals surface area contributed by atoms with Crippen LogP contribution < -0.4 is 0 Å². The van der Waals surface area contributed by atoms with Gasteiger partial charge in [-0.15, -0.1) is 0 Å². The van der Waals surface area contributed by atoms with Crippen LogP contribution in [-0.2, 0) is 11.3 Å². The van der Waals surface area contributed by atoms with Crippen LogP contribution >= 0.6 is 0 Å². The van der Waals surface area contributed by atoms with E-state index in [-0.39, 0.29) is 5.92 Å². The first-order valence-electron chi connectivity index (χ1n) is 8.75. The average molecular weight is 300 g/mol. The summed E-state index contributed by atoms with van der Waals surface area (Å²) in [5, 5.41) is 0. The molecule has 0 spiro atoms. The van der Waals surface area contributed by atoms with Crippen LogP contribution in [0.4, 0.5) is 0 Å². The number of carbonyl (C=O) groups is 1. The summed E-state index contributed by atoms with van der Waals surface area (Å²) in [6.45, 7) is 7.19. The van der Waals surface area contributed by atoms with E-state index in [4.69, 9.17) is 0 Å². The van der Waals surface area contributed by atoms with Gasteiger partial charge in [0.25, 0.3) is 0 Å². The third kappa shape index (κ3) is 3.19. The molecular weight excluding hydrogens is 272 g/mol. The molecule has 22 heavy (non-hydrogen) atoms. The van der Waals surface area contributed by atoms with Crippen LogP contribution in [-0.4, -0.2) is 40.9 Å². The fourth-order valence-electron chi connectivity index (χ4n) is 4.10. The lowest BCUT2D eigenvalue weighted by molar-refractivity contribution is -0.136. The highest BCUT2D eigenvalue weighted by Crippen LogP contribution is 2.31. The molecule has 1 aromatic carbocycles. The lowest BCUT2D eigenvalue weighted by Crippen LogP contribution is -2.49. The van der Waals surface area contributed by atoms with Gasteiger partial charge in [0.1, 0.15) is 0 Å². The first kappa shape index (κ1) is 15.5. The number of carbonyl (C=O) groups excluding carboxylic acids is 1. The van der Waals surface area contributed by atoms with Gasteiger partial charge >= 0.3 is 0 Å². The Bertz CT molecular complexity index is 499. The quantitative estimate of drug-likeness (QED) is 0.852. The summed E-state index contributed by atoms with van der Waals surface area (Å²) in [4.78, 5) is 17.3. The molecule has 3 rings (SSSR count). The van der Waals surface area contributed by atoms with Crippen molar-refractivity contribution in [3.8, 4) is 0 Å². The van der Waals surface area contributed by atoms with E-state index in [1.165, 1.54) is 37.8 Å². The molecule has 2 heterocycles. The summed E-state index contributed by atoms with van der Waals surface area (Å²) < 4.78 is 0. The van der Waals surface area contributed by atoms with E-state index in [9.17, 15) is 4.79 Å². The van der Waals surface area contributed by atoms with Crippen molar-refractivity contribution in [2.75, 3.05) is 13.1 Å². The first-order valence-corrected chi connectivity index (χ1v) is 8.75. The van der Waals surface area contributed by atoms with E-state index < -0.39 is 0 Å². The number of nitrogens with zero attached hydrogens (tertiary/aromatic N) is 2. The Labute approximate surface area is 134 Å². The molecule has 0 unspecified atom stereocenters. The maximum atomic E-state index is 12.5. The van der Waals surface area contributed by atoms with Crippen molar-refractivity contribution in [2.24, 2.45) is 5.92 Å². The molecule has 120 valence electrons. The minimum atomic E-state index is 0.115. The molecule has 0 saturated carbocycles. The minimum Gasteiger partial charge on any atom is -0.338 e. The zero-order valence-corrected chi connectivity index (χ0v) is 13.9. The van der Waals surface area contributed by atoms with Crippen molar-refractivity contribution in [1.82, 2.24) is 9.80 Å². The van der Waals surface area contributed by atoms with Gasteiger partial charge in [0.2, 0.25) is 5.91 Å². The Kier molecular flexibility index (Phi) is 4.82. The number of likely N-dealkylation sites (tertiary alicyclic amines) is 2. The molecule has 0 N–H and O–H groups in total. The standard InChI is InChI=1S/C19H28N2O/c1-15(2)19(22)21-13-7-11-18(21)17-10-6-12-20(17)14-16-8-4-3-5-9-16/h3-5,8-9,15,17-18H,6-7,10-14H2,1-2H3/t17-,18-/m0/s1. The van der Waals surface area contributed by atoms with Crippen molar-refractivity contribution in [3.05, 3.63) is 35.9 Å². The Morgan fingerprint density at radius 3 is 2.50 bits per heavy atom. The maximum Gasteiger partial charge on any atom is 0.225 e. The van der Waals surface area contributed by atoms with Crippen molar-refractivity contribution in [2.45, 2.75) is 58.2 Å². The smallest absolute Gasteiger partial charge is 0.225 e. The Hall–Kier alpha value is -1.35. The van der Waals surface area contributed by atoms with Crippen molar-refractivity contribution >= 4 is 5.91 Å². The second-order valence-electron chi connectivity index (χ2n) is 7.06. The van der Waals surface area contributed by atoms with Crippen LogP contribution in [0.1, 0.15) is 45.1 Å². The molecule has 2 atom stereocenters. The van der Waals surface area contributed by atoms with Crippen LogP contribution in [0.3, 0.4) is 0 Å². The molecule has 2 aliphatic heterocycles. The van der Waals surface area contributed by atoms with Gasteiger partial charge in [-0.2, -0.15) is 0 Å². The number of hydrogen-bond acceptors (Lipinski definition) is 2. The normalized spacial score (nSPS) is 26.0. The van der Waals surface area contributed by atoms with E-state index >= 15 is 0 Å². The number of hydrogen-bond donors (Lipinski definition) is 0. The Morgan fingerprint density at radius 1 is 1.09 bits per heavy atom. The van der Waals surface area contributed by atoms with Crippen LogP contribution in [0.15, 0.2) is 30.3 Å². The molecule has 2 saturated heterocycles. The lowest BCUT2D eigenvalue weighted by atomic mass is 10.0. The molecule has 0 bridgehead atoms. The molecule has 1 aromatic rings. The highest BCUT2D eigenvalue weighted by atomic mass is 16.2. The number of rotatable bonds is 4. The van der Waals surface area contributed by atoms with Crippen LogP contribution in [0.2, 0.25) is 0 Å². The molecule has 1 amide bonds. The SMILES string of the molecule is CC(C)C(=O)N1CCC[C@H]1[C@@H]1CCCN1Cc1ccccc1. The third-order valence-electron chi connectivity index (χ3n) is 5.16. The number of amides is 1. The highest BCUT2D eigenvalue weighted by Gasteiger charge is 2.39. The van der Waals surface area contributed by atoms with E-state index in [2.05, 4.69) is 40.1 Å². The molecule has 3 nitrogen and oxygen atoms in total. The van der Waals surface area contributed by atoms with Gasteiger partial charge in [-0.1, -0.05) is 44.2 Å². The number of benzene rings is 1. The summed E-state index contributed by atoms with van der Waals surface area (Å²) in [6, 6.07) is 11.7. The predicted octanol–water partition coefficient (Wildman–Crippen LogP) is 3.30. The van der Waals surface area contributed by atoms with E-state index in [1.54, 1.807) is 0 Å². The predicted molar refractivity (Wildman–Crippen MR) is 89.4 cm³/mol. The summed E-state index contributed by atoms with van der Waals surface area (Å²) in [5.74, 6) is 0.457. The average Bonchev–Trinajstić information content (AvgIpc) is 3.15. The van der Waals surface area contributed by atoms with Crippen LogP contribution in [0, 0.1) is 5.92 Å². The first-order chi connectivity index (χ1) is 10.7. The van der Waals surface area contributed by atoms with Crippen molar-refractivity contribution in [1.29, 1.82) is 0 Å². The van der Waals surface area contributed by atoms with Crippen molar-refractivity contribution in [3.63, 3.8) is 0 Å². The Balaban J connectivity index is 1.71. The Morgan fingerprint density at radius 2 is 1.77 bits per heavy atom. The van der Waals surface area contributed by atoms with Gasteiger partial charge in [-0.3, -0.25) is 9.69 Å². The summed E-state index contributed by atoms with van der Waals surface area (Å²) >= 11 is 0. The lowest BCUT2D eigenvalue weighted by Gasteiger charge is -2.36. The molecule has 2 fully saturated rings. The second kappa shape index (κ2) is 6.82. The molecule has 3 heteroatoms. The molecular formula is C19H28N2O. The molecule has 0 radical (unpaired) electrons. The fourth-order valence-corrected chi connectivity index (χ4v) is 4.10. The van der Waals surface area contributed by atoms with Gasteiger partial charge in [0, 0.05) is 31.1 Å². The summed E-state index contributed by atoms with van der Waals surface area (Å²) in [6.07, 6.45) is 4.84. The monoisotopic (exact) mass is 300 g/mol. The van der Waals surface area contributed by atoms with Gasteiger partial charge in [-0.05, 0) is 37.8 Å². The van der Waals surface area contributed by atoms with E-state index in [1.807, 2.05) is 13.8 Å². The van der Waals surface area contributed by atoms with Crippen LogP contribution in [0.25, 0.3) is 0 Å². The molecule has 2 aliphatic rings. The molecule has 0 aromatic heterocycles. The highest BCUT2D eigenvalue weighted by molar-refractivity contribution is 5.78. The largest absolute Gasteiger partial charge is 0.338 e. The van der Waals surface area contributed by atoms with E-state index in [0.29, 0.717) is 18.0 Å². The van der Waals surface area contributed by atoms with Gasteiger partial charge in [0.15, 0.2) is 0 Å².